The van der Waals surface area contributed by atoms with Crippen LogP contribution in [0.4, 0.5) is 0 Å². The van der Waals surface area contributed by atoms with Crippen molar-refractivity contribution in [3.63, 3.8) is 0 Å². The summed E-state index contributed by atoms with van der Waals surface area (Å²) in [6.07, 6.45) is -1.91. The van der Waals surface area contributed by atoms with Gasteiger partial charge < -0.3 is 23.7 Å². The number of para-hydroxylation sites is 1. The van der Waals surface area contributed by atoms with Crippen molar-refractivity contribution in [1.29, 1.82) is 0 Å². The van der Waals surface area contributed by atoms with Crippen LogP contribution in [0.3, 0.4) is 0 Å². The second-order valence-electron chi connectivity index (χ2n) is 8.99. The minimum absolute atomic E-state index is 0.328. The van der Waals surface area contributed by atoms with E-state index in [1.165, 1.54) is 0 Å². The Morgan fingerprint density at radius 2 is 0.946 bits per heavy atom. The van der Waals surface area contributed by atoms with E-state index in [9.17, 15) is 0 Å². The standard InChI is InChI=1S/C32H32O5/c1-5-13-25(14-6-1)21-33-29-24-36-32(37-28-19-11-4-12-20-28)31(35-23-27-17-9-3-10-18-27)30(29)34-22-26-15-7-2-8-16-26/h1-20,29-32H,21-24H2/t29-,30?,31?,32+/m1/s1. The maximum absolute atomic E-state index is 6.53. The van der Waals surface area contributed by atoms with Crippen LogP contribution in [0.1, 0.15) is 16.7 Å². The highest BCUT2D eigenvalue weighted by atomic mass is 16.7. The number of hydrogen-bond donors (Lipinski definition) is 0. The lowest BCUT2D eigenvalue weighted by atomic mass is 10.0. The number of benzene rings is 4. The van der Waals surface area contributed by atoms with Gasteiger partial charge in [-0.15, -0.1) is 0 Å². The lowest BCUT2D eigenvalue weighted by Crippen LogP contribution is -2.57. The zero-order chi connectivity index (χ0) is 25.1. The van der Waals surface area contributed by atoms with Gasteiger partial charge in [0.1, 0.15) is 24.1 Å². The maximum Gasteiger partial charge on any atom is 0.229 e. The average molecular weight is 497 g/mol. The SMILES string of the molecule is c1ccc(COC2C(OCc3ccccc3)[C@H](OCc3ccccc3)CO[C@H]2Oc2ccccc2)cc1. The van der Waals surface area contributed by atoms with E-state index in [1.807, 2.05) is 109 Å². The van der Waals surface area contributed by atoms with Crippen molar-refractivity contribution >= 4 is 0 Å². The largest absolute Gasteiger partial charge is 0.462 e. The van der Waals surface area contributed by atoms with E-state index >= 15 is 0 Å². The molecule has 1 heterocycles. The lowest BCUT2D eigenvalue weighted by molar-refractivity contribution is -0.278. The molecule has 0 N–H and O–H groups in total. The zero-order valence-electron chi connectivity index (χ0n) is 20.7. The van der Waals surface area contributed by atoms with Crippen LogP contribution in [0.15, 0.2) is 121 Å². The molecule has 0 aliphatic carbocycles. The first-order chi connectivity index (χ1) is 18.3. The van der Waals surface area contributed by atoms with Crippen molar-refractivity contribution in [1.82, 2.24) is 0 Å². The molecule has 0 radical (unpaired) electrons. The average Bonchev–Trinajstić information content (AvgIpc) is 2.97. The van der Waals surface area contributed by atoms with Gasteiger partial charge in [0.2, 0.25) is 6.29 Å². The highest BCUT2D eigenvalue weighted by Gasteiger charge is 2.44. The van der Waals surface area contributed by atoms with Crippen LogP contribution in [-0.4, -0.2) is 31.2 Å². The normalized spacial score (nSPS) is 21.4. The molecule has 2 unspecified atom stereocenters. The van der Waals surface area contributed by atoms with Crippen LogP contribution in [0.25, 0.3) is 0 Å². The Labute approximate surface area is 218 Å². The van der Waals surface area contributed by atoms with Gasteiger partial charge in [0, 0.05) is 0 Å². The molecule has 4 aromatic rings. The summed E-state index contributed by atoms with van der Waals surface area (Å²) in [5, 5.41) is 0. The van der Waals surface area contributed by atoms with Crippen molar-refractivity contribution < 1.29 is 23.7 Å². The van der Waals surface area contributed by atoms with Gasteiger partial charge >= 0.3 is 0 Å². The Bertz CT molecular complexity index is 1170. The Morgan fingerprint density at radius 3 is 1.46 bits per heavy atom. The van der Waals surface area contributed by atoms with E-state index in [-0.39, 0.29) is 6.10 Å². The molecule has 5 nitrogen and oxygen atoms in total. The third-order valence-electron chi connectivity index (χ3n) is 6.26. The van der Waals surface area contributed by atoms with Gasteiger partial charge in [-0.2, -0.15) is 0 Å². The fraction of sp³-hybridized carbons (Fsp3) is 0.250. The zero-order valence-corrected chi connectivity index (χ0v) is 20.7. The topological polar surface area (TPSA) is 46.2 Å². The first-order valence-corrected chi connectivity index (χ1v) is 12.6. The van der Waals surface area contributed by atoms with Gasteiger partial charge in [-0.05, 0) is 28.8 Å². The molecule has 0 spiro atoms. The van der Waals surface area contributed by atoms with Crippen LogP contribution < -0.4 is 4.74 Å². The first-order valence-electron chi connectivity index (χ1n) is 12.6. The second kappa shape index (κ2) is 13.2. The quantitative estimate of drug-likeness (QED) is 0.248. The molecule has 190 valence electrons. The Kier molecular flexibility index (Phi) is 8.97. The van der Waals surface area contributed by atoms with Crippen molar-refractivity contribution in [3.8, 4) is 5.75 Å². The first kappa shape index (κ1) is 25.2. The third kappa shape index (κ3) is 7.28. The van der Waals surface area contributed by atoms with Crippen LogP contribution in [0.2, 0.25) is 0 Å². The Morgan fingerprint density at radius 1 is 0.514 bits per heavy atom. The third-order valence-corrected chi connectivity index (χ3v) is 6.26. The van der Waals surface area contributed by atoms with Crippen LogP contribution in [0.5, 0.6) is 5.75 Å². The van der Waals surface area contributed by atoms with E-state index in [0.717, 1.165) is 16.7 Å². The molecule has 37 heavy (non-hydrogen) atoms. The van der Waals surface area contributed by atoms with Gasteiger partial charge in [0.15, 0.2) is 0 Å². The molecule has 5 rings (SSSR count). The lowest BCUT2D eigenvalue weighted by Gasteiger charge is -2.41. The van der Waals surface area contributed by atoms with E-state index < -0.39 is 18.5 Å². The summed E-state index contributed by atoms with van der Waals surface area (Å²) >= 11 is 0. The molecular formula is C32H32O5. The number of ether oxygens (including phenoxy) is 5. The van der Waals surface area contributed by atoms with Crippen molar-refractivity contribution in [3.05, 3.63) is 138 Å². The van der Waals surface area contributed by atoms with Gasteiger partial charge in [0.25, 0.3) is 0 Å². The summed E-state index contributed by atoms with van der Waals surface area (Å²) in [7, 11) is 0. The van der Waals surface area contributed by atoms with Crippen LogP contribution in [-0.2, 0) is 38.8 Å². The van der Waals surface area contributed by atoms with Crippen LogP contribution in [0, 0.1) is 0 Å². The highest BCUT2D eigenvalue weighted by Crippen LogP contribution is 2.28. The number of rotatable bonds is 11. The molecule has 4 atom stereocenters. The van der Waals surface area contributed by atoms with E-state index in [4.69, 9.17) is 23.7 Å². The van der Waals surface area contributed by atoms with Gasteiger partial charge in [-0.1, -0.05) is 109 Å². The molecule has 0 saturated carbocycles. The minimum atomic E-state index is -0.650. The van der Waals surface area contributed by atoms with E-state index in [0.29, 0.717) is 32.2 Å². The van der Waals surface area contributed by atoms with Gasteiger partial charge in [-0.3, -0.25) is 0 Å². The summed E-state index contributed by atoms with van der Waals surface area (Å²) in [5.74, 6) is 0.714. The minimum Gasteiger partial charge on any atom is -0.462 e. The summed E-state index contributed by atoms with van der Waals surface area (Å²) in [6.45, 7) is 1.62. The molecule has 5 heteroatoms. The molecule has 0 bridgehead atoms. The molecule has 1 fully saturated rings. The molecule has 1 saturated heterocycles. The van der Waals surface area contributed by atoms with Gasteiger partial charge in [0.05, 0.1) is 26.4 Å². The molecule has 1 aliphatic rings. The van der Waals surface area contributed by atoms with E-state index in [2.05, 4.69) is 12.1 Å². The summed E-state index contributed by atoms with van der Waals surface area (Å²) in [5.41, 5.74) is 3.24. The van der Waals surface area contributed by atoms with E-state index in [1.54, 1.807) is 0 Å². The summed E-state index contributed by atoms with van der Waals surface area (Å²) < 4.78 is 31.9. The summed E-state index contributed by atoms with van der Waals surface area (Å²) in [4.78, 5) is 0. The van der Waals surface area contributed by atoms with Crippen molar-refractivity contribution in [2.24, 2.45) is 0 Å². The molecule has 0 aromatic heterocycles. The van der Waals surface area contributed by atoms with Crippen LogP contribution >= 0.6 is 0 Å². The van der Waals surface area contributed by atoms with Crippen molar-refractivity contribution in [2.45, 2.75) is 44.4 Å². The highest BCUT2D eigenvalue weighted by molar-refractivity contribution is 5.21. The Balaban J connectivity index is 1.37. The monoisotopic (exact) mass is 496 g/mol. The second-order valence-corrected chi connectivity index (χ2v) is 8.99. The Hall–Kier alpha value is -3.48. The fourth-order valence-corrected chi connectivity index (χ4v) is 4.31. The predicted octanol–water partition coefficient (Wildman–Crippen LogP) is 6.18. The van der Waals surface area contributed by atoms with Crippen molar-refractivity contribution in [2.75, 3.05) is 6.61 Å². The summed E-state index contributed by atoms with van der Waals surface area (Å²) in [6, 6.07) is 40.0. The maximum atomic E-state index is 6.53. The number of hydrogen-bond acceptors (Lipinski definition) is 5. The van der Waals surface area contributed by atoms with Gasteiger partial charge in [-0.25, -0.2) is 0 Å². The molecular weight excluding hydrogens is 464 g/mol. The fourth-order valence-electron chi connectivity index (χ4n) is 4.31. The smallest absolute Gasteiger partial charge is 0.229 e. The molecule has 4 aromatic carbocycles. The predicted molar refractivity (Wildman–Crippen MR) is 142 cm³/mol. The molecule has 0 amide bonds. The molecule has 1 aliphatic heterocycles.